The minimum absolute atomic E-state index is 0. The van der Waals surface area contributed by atoms with Crippen molar-refractivity contribution in [3.63, 3.8) is 0 Å². The number of piperazine rings is 1. The van der Waals surface area contributed by atoms with Crippen LogP contribution in [0.3, 0.4) is 0 Å². The summed E-state index contributed by atoms with van der Waals surface area (Å²) < 4.78 is 26.5. The Morgan fingerprint density at radius 1 is 1.18 bits per heavy atom. The Hall–Kier alpha value is -1.68. The van der Waals surface area contributed by atoms with Crippen molar-refractivity contribution >= 4 is 34.2 Å². The number of nitrogens with one attached hydrogen (secondary N) is 2. The molecular weight excluding hydrogens is 404 g/mol. The molecule has 10 heteroatoms. The number of likely N-dealkylation sites (tertiary alicyclic amines) is 1. The largest absolute Gasteiger partial charge is 0.354 e. The average Bonchev–Trinajstić information content (AvgIpc) is 2.68. The van der Waals surface area contributed by atoms with Gasteiger partial charge in [0.2, 0.25) is 15.9 Å². The zero-order valence-corrected chi connectivity index (χ0v) is 17.5. The summed E-state index contributed by atoms with van der Waals surface area (Å²) in [5, 5.41) is 5.78. The SMILES string of the molecule is CNCC1CCN(C(=O)c2ccc(S(=O)(=O)N3CCNC(=O)C3)cc2)CC1.Cl. The maximum absolute atomic E-state index is 12.7. The van der Waals surface area contributed by atoms with Crippen molar-refractivity contribution in [2.75, 3.05) is 46.3 Å². The number of sulfonamides is 1. The predicted octanol–water partition coefficient (Wildman–Crippen LogP) is 0.301. The fraction of sp³-hybridized carbons (Fsp3) is 0.556. The number of carbonyl (C=O) groups is 2. The average molecular weight is 431 g/mol. The number of amides is 2. The molecule has 0 aliphatic carbocycles. The molecule has 3 rings (SSSR count). The van der Waals surface area contributed by atoms with Gasteiger partial charge < -0.3 is 15.5 Å². The lowest BCUT2D eigenvalue weighted by Crippen LogP contribution is -2.49. The Balaban J connectivity index is 0.00000280. The quantitative estimate of drug-likeness (QED) is 0.700. The Kier molecular flexibility index (Phi) is 7.82. The van der Waals surface area contributed by atoms with E-state index in [9.17, 15) is 18.0 Å². The highest BCUT2D eigenvalue weighted by Gasteiger charge is 2.29. The van der Waals surface area contributed by atoms with E-state index in [0.717, 1.165) is 23.7 Å². The van der Waals surface area contributed by atoms with Crippen LogP contribution in [0.1, 0.15) is 23.2 Å². The van der Waals surface area contributed by atoms with Crippen LogP contribution in [0.4, 0.5) is 0 Å². The molecule has 2 aliphatic rings. The molecule has 2 fully saturated rings. The first kappa shape index (κ1) is 22.6. The highest BCUT2D eigenvalue weighted by Crippen LogP contribution is 2.21. The van der Waals surface area contributed by atoms with Crippen LogP contribution in [0, 0.1) is 5.92 Å². The molecule has 0 unspecified atom stereocenters. The van der Waals surface area contributed by atoms with E-state index in [1.807, 2.05) is 11.9 Å². The second-order valence-corrected chi connectivity index (χ2v) is 8.94. The molecule has 2 amide bonds. The summed E-state index contributed by atoms with van der Waals surface area (Å²) in [6.07, 6.45) is 1.94. The van der Waals surface area contributed by atoms with Gasteiger partial charge in [-0.15, -0.1) is 12.4 Å². The van der Waals surface area contributed by atoms with Crippen molar-refractivity contribution in [2.24, 2.45) is 5.92 Å². The Labute approximate surface area is 172 Å². The fourth-order valence-corrected chi connectivity index (χ4v) is 4.95. The molecule has 2 N–H and O–H groups in total. The van der Waals surface area contributed by atoms with E-state index in [0.29, 0.717) is 31.1 Å². The number of nitrogens with zero attached hydrogens (tertiary/aromatic N) is 2. The van der Waals surface area contributed by atoms with Crippen LogP contribution in [0.15, 0.2) is 29.2 Å². The van der Waals surface area contributed by atoms with E-state index >= 15 is 0 Å². The highest BCUT2D eigenvalue weighted by molar-refractivity contribution is 7.89. The molecule has 8 nitrogen and oxygen atoms in total. The lowest BCUT2D eigenvalue weighted by Gasteiger charge is -2.32. The summed E-state index contributed by atoms with van der Waals surface area (Å²) in [4.78, 5) is 26.1. The maximum Gasteiger partial charge on any atom is 0.253 e. The van der Waals surface area contributed by atoms with Crippen LogP contribution in [0.25, 0.3) is 0 Å². The molecule has 28 heavy (non-hydrogen) atoms. The van der Waals surface area contributed by atoms with Crippen molar-refractivity contribution in [3.05, 3.63) is 29.8 Å². The summed E-state index contributed by atoms with van der Waals surface area (Å²) in [5.74, 6) is 0.214. The van der Waals surface area contributed by atoms with Crippen LogP contribution in [0.2, 0.25) is 0 Å². The molecule has 1 aromatic carbocycles. The van der Waals surface area contributed by atoms with E-state index in [4.69, 9.17) is 0 Å². The summed E-state index contributed by atoms with van der Waals surface area (Å²) in [5.41, 5.74) is 0.484. The molecule has 156 valence electrons. The van der Waals surface area contributed by atoms with Gasteiger partial charge in [0.25, 0.3) is 5.91 Å². The van der Waals surface area contributed by atoms with Crippen LogP contribution in [-0.4, -0.2) is 75.8 Å². The predicted molar refractivity (Wildman–Crippen MR) is 108 cm³/mol. The van der Waals surface area contributed by atoms with Gasteiger partial charge in [0.05, 0.1) is 11.4 Å². The van der Waals surface area contributed by atoms with E-state index in [2.05, 4.69) is 10.6 Å². The second-order valence-electron chi connectivity index (χ2n) is 7.01. The van der Waals surface area contributed by atoms with Gasteiger partial charge in [0.15, 0.2) is 0 Å². The third kappa shape index (κ3) is 5.02. The molecule has 0 spiro atoms. The lowest BCUT2D eigenvalue weighted by atomic mass is 9.96. The third-order valence-corrected chi connectivity index (χ3v) is 7.00. The molecule has 0 radical (unpaired) electrons. The number of hydrogen-bond acceptors (Lipinski definition) is 5. The summed E-state index contributed by atoms with van der Waals surface area (Å²) in [6, 6.07) is 6.00. The monoisotopic (exact) mass is 430 g/mol. The number of piperidine rings is 1. The molecule has 2 aliphatic heterocycles. The first-order chi connectivity index (χ1) is 12.9. The first-order valence-electron chi connectivity index (χ1n) is 9.22. The summed E-state index contributed by atoms with van der Waals surface area (Å²) >= 11 is 0. The van der Waals surface area contributed by atoms with E-state index < -0.39 is 10.0 Å². The minimum atomic E-state index is -3.74. The van der Waals surface area contributed by atoms with E-state index in [1.54, 1.807) is 12.1 Å². The normalized spacial score (nSPS) is 19.0. The molecular formula is C18H27ClN4O4S. The van der Waals surface area contributed by atoms with Gasteiger partial charge in [-0.3, -0.25) is 9.59 Å². The van der Waals surface area contributed by atoms with Gasteiger partial charge in [-0.05, 0) is 56.6 Å². The van der Waals surface area contributed by atoms with Crippen LogP contribution in [0.5, 0.6) is 0 Å². The standard InChI is InChI=1S/C18H26N4O4S.ClH/c1-19-12-14-6-9-21(10-7-14)18(24)15-2-4-16(5-3-15)27(25,26)22-11-8-20-17(23)13-22;/h2-5,14,19H,6-13H2,1H3,(H,20,23);1H. The topological polar surface area (TPSA) is 98.8 Å². The van der Waals surface area contributed by atoms with Gasteiger partial charge >= 0.3 is 0 Å². The van der Waals surface area contributed by atoms with Crippen molar-refractivity contribution in [1.29, 1.82) is 0 Å². The van der Waals surface area contributed by atoms with Gasteiger partial charge in [0, 0.05) is 31.7 Å². The van der Waals surface area contributed by atoms with Crippen molar-refractivity contribution in [1.82, 2.24) is 19.8 Å². The van der Waals surface area contributed by atoms with E-state index in [-0.39, 0.29) is 42.2 Å². The van der Waals surface area contributed by atoms with Crippen LogP contribution >= 0.6 is 12.4 Å². The third-order valence-electron chi connectivity index (χ3n) is 5.14. The molecule has 0 aromatic heterocycles. The number of rotatable bonds is 5. The Morgan fingerprint density at radius 2 is 1.82 bits per heavy atom. The van der Waals surface area contributed by atoms with Crippen molar-refractivity contribution < 1.29 is 18.0 Å². The zero-order valence-electron chi connectivity index (χ0n) is 15.9. The number of carbonyl (C=O) groups excluding carboxylic acids is 2. The molecule has 2 heterocycles. The van der Waals surface area contributed by atoms with Crippen LogP contribution < -0.4 is 10.6 Å². The highest BCUT2D eigenvalue weighted by atomic mass is 35.5. The Morgan fingerprint density at radius 3 is 2.39 bits per heavy atom. The van der Waals surface area contributed by atoms with Gasteiger partial charge in [-0.1, -0.05) is 0 Å². The number of benzene rings is 1. The Bertz CT molecular complexity index is 792. The van der Waals surface area contributed by atoms with Crippen molar-refractivity contribution in [2.45, 2.75) is 17.7 Å². The smallest absolute Gasteiger partial charge is 0.253 e. The molecule has 2 saturated heterocycles. The second kappa shape index (κ2) is 9.69. The van der Waals surface area contributed by atoms with Gasteiger partial charge in [0.1, 0.15) is 0 Å². The lowest BCUT2D eigenvalue weighted by molar-refractivity contribution is -0.122. The van der Waals surface area contributed by atoms with E-state index in [1.165, 1.54) is 12.1 Å². The minimum Gasteiger partial charge on any atom is -0.354 e. The zero-order chi connectivity index (χ0) is 19.4. The van der Waals surface area contributed by atoms with Gasteiger partial charge in [-0.25, -0.2) is 8.42 Å². The molecule has 0 saturated carbocycles. The first-order valence-corrected chi connectivity index (χ1v) is 10.7. The molecule has 0 atom stereocenters. The molecule has 0 bridgehead atoms. The maximum atomic E-state index is 12.7. The number of hydrogen-bond donors (Lipinski definition) is 2. The summed E-state index contributed by atoms with van der Waals surface area (Å²) in [7, 11) is -1.80. The van der Waals surface area contributed by atoms with Crippen molar-refractivity contribution in [3.8, 4) is 0 Å². The molecule has 1 aromatic rings. The summed E-state index contributed by atoms with van der Waals surface area (Å²) in [6.45, 7) is 2.77. The number of halogens is 1. The van der Waals surface area contributed by atoms with Gasteiger partial charge in [-0.2, -0.15) is 4.31 Å². The fourth-order valence-electron chi connectivity index (χ4n) is 3.55. The van der Waals surface area contributed by atoms with Crippen LogP contribution in [-0.2, 0) is 14.8 Å².